The second-order valence-electron chi connectivity index (χ2n) is 6.46. The van der Waals surface area contributed by atoms with Crippen LogP contribution in [0.25, 0.3) is 0 Å². The molecule has 1 saturated heterocycles. The number of anilines is 1. The van der Waals surface area contributed by atoms with Gasteiger partial charge in [-0.1, -0.05) is 0 Å². The number of nitrogens with zero attached hydrogens (tertiary/aromatic N) is 2. The van der Waals surface area contributed by atoms with Crippen LogP contribution >= 0.6 is 24.0 Å². The van der Waals surface area contributed by atoms with Gasteiger partial charge in [0.15, 0.2) is 17.5 Å². The van der Waals surface area contributed by atoms with E-state index in [0.29, 0.717) is 6.61 Å². The number of guanidine groups is 1. The minimum atomic E-state index is 0. The summed E-state index contributed by atoms with van der Waals surface area (Å²) in [5.74, 6) is 3.06. The maximum Gasteiger partial charge on any atom is 0.195 e. The van der Waals surface area contributed by atoms with Crippen LogP contribution in [0.5, 0.6) is 11.5 Å². The number of aliphatic imine (C=N–C) groups is 1. The summed E-state index contributed by atoms with van der Waals surface area (Å²) in [6.07, 6.45) is 3.77. The van der Waals surface area contributed by atoms with E-state index in [9.17, 15) is 0 Å². The van der Waals surface area contributed by atoms with Gasteiger partial charge in [-0.2, -0.15) is 0 Å². The lowest BCUT2D eigenvalue weighted by molar-refractivity contribution is 0.213. The smallest absolute Gasteiger partial charge is 0.195 e. The highest BCUT2D eigenvalue weighted by atomic mass is 127. The van der Waals surface area contributed by atoms with E-state index >= 15 is 0 Å². The molecule has 0 aliphatic carbocycles. The summed E-state index contributed by atoms with van der Waals surface area (Å²) in [5.41, 5.74) is 0.927. The second-order valence-corrected chi connectivity index (χ2v) is 6.46. The first-order valence-corrected chi connectivity index (χ1v) is 9.13. The third-order valence-electron chi connectivity index (χ3n) is 4.63. The quantitative estimate of drug-likeness (QED) is 0.359. The SMILES string of the molecule is CCOc1cc(NC(=NC)NCCC2CCN(C)CC2)ccc1OC.I. The third kappa shape index (κ3) is 7.19. The maximum atomic E-state index is 5.62. The average Bonchev–Trinajstić information content (AvgIpc) is 2.63. The van der Waals surface area contributed by atoms with Gasteiger partial charge in [-0.05, 0) is 64.4 Å². The third-order valence-corrected chi connectivity index (χ3v) is 4.63. The Hall–Kier alpha value is -1.22. The highest BCUT2D eigenvalue weighted by Gasteiger charge is 2.16. The van der Waals surface area contributed by atoms with E-state index in [-0.39, 0.29) is 24.0 Å². The Labute approximate surface area is 174 Å². The molecule has 2 rings (SSSR count). The van der Waals surface area contributed by atoms with E-state index in [1.54, 1.807) is 14.2 Å². The fourth-order valence-electron chi connectivity index (χ4n) is 3.08. The molecule has 1 aliphatic rings. The van der Waals surface area contributed by atoms with Crippen LogP contribution in [0.4, 0.5) is 5.69 Å². The second kappa shape index (κ2) is 12.2. The Morgan fingerprint density at radius 2 is 2.00 bits per heavy atom. The predicted molar refractivity (Wildman–Crippen MR) is 119 cm³/mol. The molecule has 1 fully saturated rings. The minimum absolute atomic E-state index is 0. The number of likely N-dealkylation sites (tertiary alicyclic amines) is 1. The lowest BCUT2D eigenvalue weighted by Gasteiger charge is -2.29. The average molecular weight is 476 g/mol. The molecule has 26 heavy (non-hydrogen) atoms. The summed E-state index contributed by atoms with van der Waals surface area (Å²) >= 11 is 0. The lowest BCUT2D eigenvalue weighted by Crippen LogP contribution is -2.35. The van der Waals surface area contributed by atoms with Crippen molar-refractivity contribution in [3.05, 3.63) is 18.2 Å². The number of ether oxygens (including phenoxy) is 2. The Kier molecular flexibility index (Phi) is 10.7. The Balaban J connectivity index is 0.00000338. The Morgan fingerprint density at radius 3 is 2.62 bits per heavy atom. The minimum Gasteiger partial charge on any atom is -0.493 e. The number of hydrogen-bond acceptors (Lipinski definition) is 4. The molecule has 0 radical (unpaired) electrons. The van der Waals surface area contributed by atoms with Crippen molar-refractivity contribution in [3.8, 4) is 11.5 Å². The van der Waals surface area contributed by atoms with E-state index in [1.807, 2.05) is 25.1 Å². The van der Waals surface area contributed by atoms with Gasteiger partial charge in [-0.3, -0.25) is 4.99 Å². The number of methoxy groups -OCH3 is 1. The molecule has 1 aromatic carbocycles. The maximum absolute atomic E-state index is 5.62. The zero-order valence-corrected chi connectivity index (χ0v) is 18.7. The van der Waals surface area contributed by atoms with Crippen LogP contribution in [0.3, 0.4) is 0 Å². The monoisotopic (exact) mass is 476 g/mol. The van der Waals surface area contributed by atoms with Crippen molar-refractivity contribution in [2.75, 3.05) is 52.8 Å². The van der Waals surface area contributed by atoms with Crippen LogP contribution in [-0.2, 0) is 0 Å². The van der Waals surface area contributed by atoms with Crippen molar-refractivity contribution in [3.63, 3.8) is 0 Å². The molecular formula is C19H33IN4O2. The topological polar surface area (TPSA) is 58.1 Å². The van der Waals surface area contributed by atoms with E-state index in [0.717, 1.165) is 35.6 Å². The first kappa shape index (κ1) is 22.8. The molecule has 1 aromatic rings. The first-order chi connectivity index (χ1) is 12.2. The van der Waals surface area contributed by atoms with Crippen molar-refractivity contribution in [1.82, 2.24) is 10.2 Å². The van der Waals surface area contributed by atoms with Gasteiger partial charge in [0.1, 0.15) is 0 Å². The Morgan fingerprint density at radius 1 is 1.27 bits per heavy atom. The fourth-order valence-corrected chi connectivity index (χ4v) is 3.08. The van der Waals surface area contributed by atoms with Gasteiger partial charge >= 0.3 is 0 Å². The van der Waals surface area contributed by atoms with Crippen LogP contribution in [0.2, 0.25) is 0 Å². The Bertz CT molecular complexity index is 560. The van der Waals surface area contributed by atoms with Crippen molar-refractivity contribution in [2.45, 2.75) is 26.2 Å². The van der Waals surface area contributed by atoms with E-state index in [2.05, 4.69) is 27.6 Å². The van der Waals surface area contributed by atoms with Gasteiger partial charge in [0.2, 0.25) is 0 Å². The fraction of sp³-hybridized carbons (Fsp3) is 0.632. The summed E-state index contributed by atoms with van der Waals surface area (Å²) in [6.45, 7) is 5.92. The van der Waals surface area contributed by atoms with E-state index < -0.39 is 0 Å². The van der Waals surface area contributed by atoms with Crippen LogP contribution < -0.4 is 20.1 Å². The van der Waals surface area contributed by atoms with Gasteiger partial charge in [-0.25, -0.2) is 0 Å². The number of benzene rings is 1. The largest absolute Gasteiger partial charge is 0.493 e. The summed E-state index contributed by atoms with van der Waals surface area (Å²) in [5, 5.41) is 6.73. The molecule has 0 bridgehead atoms. The molecule has 0 amide bonds. The summed E-state index contributed by atoms with van der Waals surface area (Å²) in [7, 11) is 5.64. The zero-order valence-electron chi connectivity index (χ0n) is 16.4. The zero-order chi connectivity index (χ0) is 18.1. The van der Waals surface area contributed by atoms with Gasteiger partial charge in [0, 0.05) is 25.3 Å². The number of piperidine rings is 1. The van der Waals surface area contributed by atoms with Gasteiger partial charge in [-0.15, -0.1) is 24.0 Å². The van der Waals surface area contributed by atoms with Crippen LogP contribution in [0.1, 0.15) is 26.2 Å². The van der Waals surface area contributed by atoms with Crippen LogP contribution in [-0.4, -0.2) is 58.3 Å². The summed E-state index contributed by atoms with van der Waals surface area (Å²) in [4.78, 5) is 6.72. The van der Waals surface area contributed by atoms with Crippen molar-refractivity contribution < 1.29 is 9.47 Å². The number of nitrogens with one attached hydrogen (secondary N) is 2. The van der Waals surface area contributed by atoms with Crippen LogP contribution in [0, 0.1) is 5.92 Å². The number of rotatable bonds is 7. The molecule has 0 saturated carbocycles. The van der Waals surface area contributed by atoms with Crippen molar-refractivity contribution in [2.24, 2.45) is 10.9 Å². The molecule has 7 heteroatoms. The van der Waals surface area contributed by atoms with Gasteiger partial charge in [0.25, 0.3) is 0 Å². The molecule has 1 aliphatic heterocycles. The van der Waals surface area contributed by atoms with Crippen LogP contribution in [0.15, 0.2) is 23.2 Å². The van der Waals surface area contributed by atoms with Gasteiger partial charge in [0.05, 0.1) is 13.7 Å². The highest BCUT2D eigenvalue weighted by Crippen LogP contribution is 2.30. The highest BCUT2D eigenvalue weighted by molar-refractivity contribution is 14.0. The first-order valence-electron chi connectivity index (χ1n) is 9.13. The standard InChI is InChI=1S/C19H32N4O2.HI/c1-5-25-18-14-16(6-7-17(18)24-4)22-19(20-2)21-11-8-15-9-12-23(3)13-10-15;/h6-7,14-15H,5,8-13H2,1-4H3,(H2,20,21,22);1H. The van der Waals surface area contributed by atoms with E-state index in [4.69, 9.17) is 9.47 Å². The predicted octanol–water partition coefficient (Wildman–Crippen LogP) is 3.43. The molecule has 6 nitrogen and oxygen atoms in total. The molecule has 0 atom stereocenters. The lowest BCUT2D eigenvalue weighted by atomic mass is 9.94. The molecule has 1 heterocycles. The number of hydrogen-bond donors (Lipinski definition) is 2. The molecule has 0 aromatic heterocycles. The molecule has 148 valence electrons. The summed E-state index contributed by atoms with van der Waals surface area (Å²) < 4.78 is 10.9. The molecule has 0 unspecified atom stereocenters. The van der Waals surface area contributed by atoms with Crippen molar-refractivity contribution in [1.29, 1.82) is 0 Å². The number of halogens is 1. The van der Waals surface area contributed by atoms with Gasteiger partial charge < -0.3 is 25.0 Å². The molecule has 0 spiro atoms. The summed E-state index contributed by atoms with van der Waals surface area (Å²) in [6, 6.07) is 5.80. The molecule has 2 N–H and O–H groups in total. The normalized spacial score (nSPS) is 15.9. The van der Waals surface area contributed by atoms with Crippen molar-refractivity contribution >= 4 is 35.6 Å². The van der Waals surface area contributed by atoms with E-state index in [1.165, 1.54) is 32.4 Å². The molecular weight excluding hydrogens is 443 g/mol.